The average Bonchev–Trinajstić information content (AvgIpc) is 2.59. The Morgan fingerprint density at radius 1 is 0.643 bits per heavy atom. The van der Waals surface area contributed by atoms with Gasteiger partial charge in [-0.2, -0.15) is 0 Å². The first-order valence-electron chi connectivity index (χ1n) is 8.19. The van der Waals surface area contributed by atoms with Gasteiger partial charge in [0.05, 0.1) is 11.1 Å². The fraction of sp³-hybridized carbons (Fsp3) is 0.333. The molecule has 0 radical (unpaired) electrons. The Hall–Kier alpha value is -3.24. The lowest BCUT2D eigenvalue weighted by Crippen LogP contribution is -2.54. The zero-order valence-electron chi connectivity index (χ0n) is 16.0. The highest BCUT2D eigenvalue weighted by Crippen LogP contribution is 2.16. The second-order valence-electron chi connectivity index (χ2n) is 6.22. The minimum atomic E-state index is -1.52. The van der Waals surface area contributed by atoms with Crippen molar-refractivity contribution in [1.82, 2.24) is 10.0 Å². The third-order valence-corrected chi connectivity index (χ3v) is 3.95. The molecule has 0 aliphatic carbocycles. The largest absolute Gasteiger partial charge is 0.297 e. The van der Waals surface area contributed by atoms with Gasteiger partial charge < -0.3 is 0 Å². The monoisotopic (exact) mass is 390 g/mol. The van der Waals surface area contributed by atoms with Crippen molar-refractivity contribution in [2.24, 2.45) is 11.7 Å². The van der Waals surface area contributed by atoms with Gasteiger partial charge in [0.1, 0.15) is 0 Å². The van der Waals surface area contributed by atoms with Crippen molar-refractivity contribution in [1.29, 1.82) is 0 Å². The molecule has 0 aliphatic heterocycles. The molecule has 0 heterocycles. The lowest BCUT2D eigenvalue weighted by atomic mass is 10.0. The molecule has 10 nitrogen and oxygen atoms in total. The van der Waals surface area contributed by atoms with Crippen LogP contribution in [0.1, 0.15) is 48.4 Å². The van der Waals surface area contributed by atoms with Crippen LogP contribution < -0.4 is 11.7 Å². The molecular weight excluding hydrogens is 368 g/mol. The first kappa shape index (κ1) is 22.8. The average molecular weight is 390 g/mol. The Kier molecular flexibility index (Phi) is 7.42. The lowest BCUT2D eigenvalue weighted by Gasteiger charge is -2.26. The van der Waals surface area contributed by atoms with Crippen LogP contribution in [0, 0.1) is 0 Å². The molecule has 10 heteroatoms. The third-order valence-electron chi connectivity index (χ3n) is 3.95. The zero-order valence-corrected chi connectivity index (χ0v) is 16.0. The molecule has 1 aromatic rings. The second kappa shape index (κ2) is 9.11. The summed E-state index contributed by atoms with van der Waals surface area (Å²) in [6, 6.07) is 2.32. The van der Waals surface area contributed by atoms with Crippen molar-refractivity contribution in [2.75, 3.05) is 0 Å². The van der Waals surface area contributed by atoms with E-state index in [1.54, 1.807) is 0 Å². The molecule has 2 amide bonds. The van der Waals surface area contributed by atoms with E-state index < -0.39 is 47.0 Å². The number of hydrazine groups is 2. The fourth-order valence-corrected chi connectivity index (χ4v) is 2.72. The Labute approximate surface area is 161 Å². The van der Waals surface area contributed by atoms with Crippen LogP contribution >= 0.6 is 0 Å². The van der Waals surface area contributed by atoms with E-state index in [1.165, 1.54) is 24.3 Å². The minimum absolute atomic E-state index is 0.246. The van der Waals surface area contributed by atoms with Gasteiger partial charge >= 0.3 is 0 Å². The minimum Gasteiger partial charge on any atom is -0.297 e. The van der Waals surface area contributed by atoms with E-state index in [9.17, 15) is 28.8 Å². The highest BCUT2D eigenvalue weighted by molar-refractivity contribution is 6.14. The molecule has 1 aromatic carbocycles. The van der Waals surface area contributed by atoms with Gasteiger partial charge in [0, 0.05) is 0 Å². The van der Waals surface area contributed by atoms with Gasteiger partial charge in [-0.05, 0) is 39.8 Å². The van der Waals surface area contributed by atoms with Crippen LogP contribution in [0.25, 0.3) is 0 Å². The predicted molar refractivity (Wildman–Crippen MR) is 97.5 cm³/mol. The van der Waals surface area contributed by atoms with Crippen molar-refractivity contribution in [3.63, 3.8) is 0 Å². The molecule has 28 heavy (non-hydrogen) atoms. The van der Waals surface area contributed by atoms with Crippen molar-refractivity contribution < 1.29 is 28.8 Å². The SMILES string of the molecule is CC(=O)C(C(C)=O)N(N)C(=O)c1ccccc1C(=O)N(N)C(C(C)=O)C(C)=O. The van der Waals surface area contributed by atoms with E-state index in [-0.39, 0.29) is 11.1 Å². The number of carbonyl (C=O) groups excluding carboxylic acids is 6. The molecule has 4 N–H and O–H groups in total. The van der Waals surface area contributed by atoms with Crippen molar-refractivity contribution >= 4 is 34.9 Å². The summed E-state index contributed by atoms with van der Waals surface area (Å²) in [5, 5.41) is 0.871. The number of hydrogen-bond acceptors (Lipinski definition) is 8. The number of rotatable bonds is 8. The maximum Gasteiger partial charge on any atom is 0.269 e. The molecule has 0 saturated carbocycles. The van der Waals surface area contributed by atoms with Crippen molar-refractivity contribution in [2.45, 2.75) is 39.8 Å². The molecule has 0 bridgehead atoms. The molecule has 1 rings (SSSR count). The third kappa shape index (κ3) is 4.72. The van der Waals surface area contributed by atoms with E-state index in [1.807, 2.05) is 0 Å². The van der Waals surface area contributed by atoms with Crippen LogP contribution in [0.3, 0.4) is 0 Å². The smallest absolute Gasteiger partial charge is 0.269 e. The second-order valence-corrected chi connectivity index (χ2v) is 6.22. The number of benzene rings is 1. The van der Waals surface area contributed by atoms with Crippen LogP contribution in [0.15, 0.2) is 24.3 Å². The van der Waals surface area contributed by atoms with Crippen LogP contribution in [0.5, 0.6) is 0 Å². The molecule has 0 fully saturated rings. The number of carbonyl (C=O) groups is 6. The molecule has 0 spiro atoms. The molecule has 150 valence electrons. The Morgan fingerprint density at radius 2 is 0.893 bits per heavy atom. The van der Waals surface area contributed by atoms with Crippen LogP contribution in [0.4, 0.5) is 0 Å². The van der Waals surface area contributed by atoms with Gasteiger partial charge in [-0.25, -0.2) is 11.7 Å². The number of amides is 2. The number of Topliss-reactive ketones (excluding diaryl/α,β-unsaturated/α-hetero) is 4. The van der Waals surface area contributed by atoms with E-state index in [0.29, 0.717) is 10.0 Å². The summed E-state index contributed by atoms with van der Waals surface area (Å²) < 4.78 is 0. The summed E-state index contributed by atoms with van der Waals surface area (Å²) in [5.41, 5.74) is -0.493. The molecule has 0 aliphatic rings. The summed E-state index contributed by atoms with van der Waals surface area (Å²) in [6.07, 6.45) is 0. The first-order chi connectivity index (χ1) is 12.9. The van der Waals surface area contributed by atoms with Gasteiger partial charge in [-0.15, -0.1) is 0 Å². The van der Waals surface area contributed by atoms with E-state index in [2.05, 4.69) is 0 Å². The Morgan fingerprint density at radius 3 is 1.11 bits per heavy atom. The molecule has 0 saturated heterocycles. The van der Waals surface area contributed by atoms with Crippen molar-refractivity contribution in [3.05, 3.63) is 35.4 Å². The highest BCUT2D eigenvalue weighted by Gasteiger charge is 2.34. The van der Waals surface area contributed by atoms with Gasteiger partial charge in [0.25, 0.3) is 11.8 Å². The summed E-state index contributed by atoms with van der Waals surface area (Å²) in [7, 11) is 0. The Balaban J connectivity index is 3.37. The number of ketones is 4. The first-order valence-corrected chi connectivity index (χ1v) is 8.19. The van der Waals surface area contributed by atoms with E-state index >= 15 is 0 Å². The van der Waals surface area contributed by atoms with E-state index in [0.717, 1.165) is 27.7 Å². The van der Waals surface area contributed by atoms with Crippen LogP contribution in [0.2, 0.25) is 0 Å². The van der Waals surface area contributed by atoms with Gasteiger partial charge in [0.15, 0.2) is 35.2 Å². The zero-order chi connectivity index (χ0) is 21.8. The number of nitrogens with zero attached hydrogens (tertiary/aromatic N) is 2. The number of nitrogens with two attached hydrogens (primary N) is 2. The number of hydrogen-bond donors (Lipinski definition) is 2. The van der Waals surface area contributed by atoms with Crippen LogP contribution in [-0.2, 0) is 19.2 Å². The topological polar surface area (TPSA) is 161 Å². The summed E-state index contributed by atoms with van der Waals surface area (Å²) >= 11 is 0. The quantitative estimate of drug-likeness (QED) is 0.258. The summed E-state index contributed by atoms with van der Waals surface area (Å²) in [6.45, 7) is 4.40. The normalized spacial score (nSPS) is 10.6. The fourth-order valence-electron chi connectivity index (χ4n) is 2.72. The standard InChI is InChI=1S/C18H22N4O6/c1-9(23)15(10(2)24)21(19)17(27)13-7-5-6-8-14(13)18(28)22(20)16(11(3)25)12(4)26/h5-8,15-16H,19-20H2,1-4H3. The highest BCUT2D eigenvalue weighted by atomic mass is 16.2. The van der Waals surface area contributed by atoms with E-state index in [4.69, 9.17) is 11.7 Å². The predicted octanol–water partition coefficient (Wildman–Crippen LogP) is -0.588. The molecule has 0 atom stereocenters. The molecule has 0 aromatic heterocycles. The summed E-state index contributed by atoms with van der Waals surface area (Å²) in [5.74, 6) is 6.79. The van der Waals surface area contributed by atoms with Gasteiger partial charge in [-0.1, -0.05) is 12.1 Å². The molecule has 0 unspecified atom stereocenters. The lowest BCUT2D eigenvalue weighted by molar-refractivity contribution is -0.132. The Bertz CT molecular complexity index is 753. The van der Waals surface area contributed by atoms with Crippen LogP contribution in [-0.4, -0.2) is 57.0 Å². The van der Waals surface area contributed by atoms with Crippen molar-refractivity contribution in [3.8, 4) is 0 Å². The van der Waals surface area contributed by atoms with Gasteiger partial charge in [-0.3, -0.25) is 38.8 Å². The summed E-state index contributed by atoms with van der Waals surface area (Å²) in [4.78, 5) is 72.1. The van der Waals surface area contributed by atoms with Gasteiger partial charge in [0.2, 0.25) is 0 Å². The molecular formula is C18H22N4O6. The maximum absolute atomic E-state index is 12.7. The maximum atomic E-state index is 12.7.